The van der Waals surface area contributed by atoms with Crippen LogP contribution in [0.25, 0.3) is 0 Å². The molecule has 0 radical (unpaired) electrons. The predicted molar refractivity (Wildman–Crippen MR) is 76.4 cm³/mol. The lowest BCUT2D eigenvalue weighted by Gasteiger charge is -2.44. The van der Waals surface area contributed by atoms with E-state index in [2.05, 4.69) is 18.1 Å². The van der Waals surface area contributed by atoms with E-state index >= 15 is 0 Å². The highest BCUT2D eigenvalue weighted by Gasteiger charge is 2.55. The van der Waals surface area contributed by atoms with E-state index in [1.807, 2.05) is 0 Å². The minimum atomic E-state index is -3.80. The summed E-state index contributed by atoms with van der Waals surface area (Å²) in [6.45, 7) is 0. The molecule has 0 spiro atoms. The van der Waals surface area contributed by atoms with Gasteiger partial charge in [-0.2, -0.15) is 0 Å². The fourth-order valence-electron chi connectivity index (χ4n) is 2.16. The van der Waals surface area contributed by atoms with Gasteiger partial charge in [0.1, 0.15) is 36.6 Å². The normalized spacial score (nSPS) is 39.1. The molecule has 0 bridgehead atoms. The standard InChI is InChI=1S/C6H16O14P4/c7-1-2(8)4(18-22(11)12)6(20-24(15)16)5(19-23(13)14)3(1)17-21(9)10/h1-8,21-24H,(H,9,10)(H,11,12)(H,13,14)(H,15,16). The van der Waals surface area contributed by atoms with Crippen LogP contribution >= 0.6 is 33.0 Å². The van der Waals surface area contributed by atoms with E-state index in [1.165, 1.54) is 0 Å². The van der Waals surface area contributed by atoms with Crippen LogP contribution in [0, 0.1) is 0 Å². The van der Waals surface area contributed by atoms with Crippen LogP contribution < -0.4 is 0 Å². The van der Waals surface area contributed by atoms with Crippen LogP contribution in [-0.2, 0) is 36.4 Å². The van der Waals surface area contributed by atoms with Gasteiger partial charge in [0.15, 0.2) is 0 Å². The van der Waals surface area contributed by atoms with Crippen molar-refractivity contribution >= 4 is 33.0 Å². The number of hydrogen-bond donors (Lipinski definition) is 6. The molecule has 1 rings (SSSR count). The molecule has 0 saturated heterocycles. The lowest BCUT2D eigenvalue weighted by atomic mass is 9.85. The molecular weight excluding hydrogens is 420 g/mol. The van der Waals surface area contributed by atoms with E-state index in [1.54, 1.807) is 0 Å². The molecule has 24 heavy (non-hydrogen) atoms. The molecule has 0 amide bonds. The largest absolute Gasteiger partial charge is 0.387 e. The fourth-order valence-corrected chi connectivity index (χ4v) is 4.17. The molecule has 14 nitrogen and oxygen atoms in total. The highest BCUT2D eigenvalue weighted by Crippen LogP contribution is 2.42. The van der Waals surface area contributed by atoms with Gasteiger partial charge in [-0.15, -0.1) is 0 Å². The van der Waals surface area contributed by atoms with E-state index in [-0.39, 0.29) is 0 Å². The first kappa shape index (κ1) is 22.6. The van der Waals surface area contributed by atoms with Gasteiger partial charge in [0.2, 0.25) is 0 Å². The van der Waals surface area contributed by atoms with Crippen molar-refractivity contribution in [2.45, 2.75) is 36.6 Å². The van der Waals surface area contributed by atoms with Gasteiger partial charge in [-0.3, -0.25) is 18.3 Å². The van der Waals surface area contributed by atoms with Crippen molar-refractivity contribution in [1.29, 1.82) is 0 Å². The molecule has 6 N–H and O–H groups in total. The van der Waals surface area contributed by atoms with Gasteiger partial charge < -0.3 is 47.9 Å². The zero-order chi connectivity index (χ0) is 18.6. The molecule has 10 atom stereocenters. The monoisotopic (exact) mass is 436 g/mol. The van der Waals surface area contributed by atoms with Gasteiger partial charge in [0.25, 0.3) is 0 Å². The summed E-state index contributed by atoms with van der Waals surface area (Å²) in [5, 5.41) is 19.8. The third kappa shape index (κ3) is 6.35. The summed E-state index contributed by atoms with van der Waals surface area (Å²) in [5.41, 5.74) is 0. The number of aliphatic hydroxyl groups excluding tert-OH is 2. The average Bonchev–Trinajstić information content (AvgIpc) is 2.42. The van der Waals surface area contributed by atoms with E-state index in [0.717, 1.165) is 0 Å². The summed E-state index contributed by atoms with van der Waals surface area (Å²) in [5.74, 6) is 0. The molecule has 0 heterocycles. The Balaban J connectivity index is 3.28. The smallest absolute Gasteiger partial charge is 0.317 e. The van der Waals surface area contributed by atoms with Crippen molar-refractivity contribution < 1.29 is 66.1 Å². The van der Waals surface area contributed by atoms with Crippen molar-refractivity contribution in [2.75, 3.05) is 0 Å². The first-order valence-corrected chi connectivity index (χ1v) is 11.0. The Labute approximate surface area is 136 Å². The van der Waals surface area contributed by atoms with Gasteiger partial charge in [-0.05, 0) is 0 Å². The second-order valence-corrected chi connectivity index (χ2v) is 7.44. The lowest BCUT2D eigenvalue weighted by Crippen LogP contribution is -2.64. The number of rotatable bonds is 8. The van der Waals surface area contributed by atoms with Crippen LogP contribution in [0.15, 0.2) is 0 Å². The van der Waals surface area contributed by atoms with Gasteiger partial charge in [-0.25, -0.2) is 0 Å². The Morgan fingerprint density at radius 3 is 0.917 bits per heavy atom. The minimum absolute atomic E-state index is 1.94. The van der Waals surface area contributed by atoms with Crippen molar-refractivity contribution in [3.8, 4) is 0 Å². The first-order valence-electron chi connectivity index (χ1n) is 5.99. The predicted octanol–water partition coefficient (Wildman–Crippen LogP) is -2.21. The fraction of sp³-hybridized carbons (Fsp3) is 1.00. The van der Waals surface area contributed by atoms with E-state index < -0.39 is 69.6 Å². The molecular formula is C6H16O14P4. The Kier molecular flexibility index (Phi) is 9.41. The molecule has 1 aliphatic rings. The Bertz CT molecular complexity index is 479. The maximum absolute atomic E-state index is 10.9. The molecule has 18 heteroatoms. The first-order chi connectivity index (χ1) is 11.0. The third-order valence-corrected chi connectivity index (χ3v) is 4.84. The second kappa shape index (κ2) is 10.0. The van der Waals surface area contributed by atoms with Crippen molar-refractivity contribution in [2.24, 2.45) is 0 Å². The molecule has 1 aliphatic carbocycles. The van der Waals surface area contributed by atoms with Crippen molar-refractivity contribution in [3.05, 3.63) is 0 Å². The molecule has 0 aromatic rings. The topological polar surface area (TPSA) is 227 Å². The van der Waals surface area contributed by atoms with Gasteiger partial charge >= 0.3 is 33.0 Å². The summed E-state index contributed by atoms with van der Waals surface area (Å²) >= 11 is 0. The molecule has 0 aliphatic heterocycles. The molecule has 0 aromatic heterocycles. The summed E-state index contributed by atoms with van der Waals surface area (Å²) in [6.07, 6.45) is -11.9. The number of hydrogen-bond acceptors (Lipinski definition) is 10. The maximum Gasteiger partial charge on any atom is 0.317 e. The quantitative estimate of drug-likeness (QED) is 0.222. The SMILES string of the molecule is O=[PH](O)OC1C(O)C(O)C(O[PH](=O)O)C(O[PH](=O)O)C1O[PH](=O)O. The van der Waals surface area contributed by atoms with Crippen LogP contribution in [-0.4, -0.2) is 66.4 Å². The maximum atomic E-state index is 10.9. The van der Waals surface area contributed by atoms with Crippen LogP contribution in [0.4, 0.5) is 0 Å². The minimum Gasteiger partial charge on any atom is -0.387 e. The summed E-state index contributed by atoms with van der Waals surface area (Å²) in [7, 11) is -15.1. The zero-order valence-corrected chi connectivity index (χ0v) is 15.4. The van der Waals surface area contributed by atoms with Crippen LogP contribution in [0.5, 0.6) is 0 Å². The average molecular weight is 436 g/mol. The molecule has 0 aromatic carbocycles. The van der Waals surface area contributed by atoms with E-state index in [9.17, 15) is 28.5 Å². The highest BCUT2D eigenvalue weighted by atomic mass is 31.1. The van der Waals surface area contributed by atoms with Crippen LogP contribution in [0.1, 0.15) is 0 Å². The zero-order valence-electron chi connectivity index (χ0n) is 11.4. The van der Waals surface area contributed by atoms with E-state index in [4.69, 9.17) is 19.6 Å². The lowest BCUT2D eigenvalue weighted by molar-refractivity contribution is -0.198. The van der Waals surface area contributed by atoms with Crippen molar-refractivity contribution in [3.63, 3.8) is 0 Å². The summed E-state index contributed by atoms with van der Waals surface area (Å²) in [6, 6.07) is 0. The summed E-state index contributed by atoms with van der Waals surface area (Å²) < 4.78 is 61.5. The van der Waals surface area contributed by atoms with Gasteiger partial charge in [0.05, 0.1) is 0 Å². The van der Waals surface area contributed by atoms with Crippen LogP contribution in [0.2, 0.25) is 0 Å². The summed E-state index contributed by atoms with van der Waals surface area (Å²) in [4.78, 5) is 35.4. The highest BCUT2D eigenvalue weighted by molar-refractivity contribution is 7.33. The molecule has 144 valence electrons. The Hall–Kier alpha value is 0.520. The molecule has 1 fully saturated rings. The Morgan fingerprint density at radius 1 is 0.500 bits per heavy atom. The second-order valence-electron chi connectivity index (χ2n) is 4.37. The third-order valence-electron chi connectivity index (χ3n) is 2.94. The van der Waals surface area contributed by atoms with Gasteiger partial charge in [-0.1, -0.05) is 0 Å². The van der Waals surface area contributed by atoms with Gasteiger partial charge in [0, 0.05) is 0 Å². The van der Waals surface area contributed by atoms with Crippen LogP contribution in [0.3, 0.4) is 0 Å². The Morgan fingerprint density at radius 2 is 0.708 bits per heavy atom. The molecule has 1 saturated carbocycles. The molecule has 10 unspecified atom stereocenters. The van der Waals surface area contributed by atoms with Crippen molar-refractivity contribution in [1.82, 2.24) is 0 Å². The number of aliphatic hydroxyl groups is 2. The van der Waals surface area contributed by atoms with E-state index in [0.29, 0.717) is 0 Å².